The predicted molar refractivity (Wildman–Crippen MR) is 124 cm³/mol. The SMILES string of the molecule is CCOc1ccc(CNC(=NC)NCCOc2ccc(C)cc2)cc1OC.I. The van der Waals surface area contributed by atoms with Crippen LogP contribution in [0.1, 0.15) is 18.1 Å². The molecule has 0 amide bonds. The maximum Gasteiger partial charge on any atom is 0.191 e. The number of hydrogen-bond donors (Lipinski definition) is 2. The number of guanidine groups is 1. The number of hydrogen-bond acceptors (Lipinski definition) is 4. The van der Waals surface area contributed by atoms with Crippen molar-refractivity contribution in [1.82, 2.24) is 10.6 Å². The van der Waals surface area contributed by atoms with E-state index < -0.39 is 0 Å². The molecule has 0 aliphatic carbocycles. The van der Waals surface area contributed by atoms with Gasteiger partial charge in [-0.1, -0.05) is 23.8 Å². The molecule has 6 nitrogen and oxygen atoms in total. The van der Waals surface area contributed by atoms with Crippen LogP contribution in [0, 0.1) is 6.92 Å². The van der Waals surface area contributed by atoms with Crippen molar-refractivity contribution >= 4 is 29.9 Å². The van der Waals surface area contributed by atoms with Gasteiger partial charge in [-0.2, -0.15) is 0 Å². The second-order valence-corrected chi connectivity index (χ2v) is 5.93. The van der Waals surface area contributed by atoms with Crippen molar-refractivity contribution in [1.29, 1.82) is 0 Å². The van der Waals surface area contributed by atoms with Crippen LogP contribution in [-0.4, -0.2) is 39.9 Å². The van der Waals surface area contributed by atoms with Gasteiger partial charge in [0, 0.05) is 13.6 Å². The molecule has 154 valence electrons. The number of methoxy groups -OCH3 is 1. The van der Waals surface area contributed by atoms with Crippen LogP contribution in [0.2, 0.25) is 0 Å². The lowest BCUT2D eigenvalue weighted by molar-refractivity contribution is 0.310. The summed E-state index contributed by atoms with van der Waals surface area (Å²) in [6.45, 7) is 6.45. The maximum atomic E-state index is 5.71. The summed E-state index contributed by atoms with van der Waals surface area (Å²) in [6.07, 6.45) is 0. The van der Waals surface area contributed by atoms with Crippen LogP contribution in [0.5, 0.6) is 17.2 Å². The molecule has 2 N–H and O–H groups in total. The molecule has 0 saturated heterocycles. The van der Waals surface area contributed by atoms with E-state index in [2.05, 4.69) is 22.5 Å². The molecule has 2 aromatic carbocycles. The smallest absolute Gasteiger partial charge is 0.191 e. The highest BCUT2D eigenvalue weighted by Gasteiger charge is 2.06. The molecule has 0 aliphatic heterocycles. The first-order valence-electron chi connectivity index (χ1n) is 9.10. The fraction of sp³-hybridized carbons (Fsp3) is 0.381. The maximum absolute atomic E-state index is 5.71. The number of aliphatic imine (C=N–C) groups is 1. The lowest BCUT2D eigenvalue weighted by Crippen LogP contribution is -2.38. The Kier molecular flexibility index (Phi) is 11.2. The summed E-state index contributed by atoms with van der Waals surface area (Å²) in [5.74, 6) is 3.06. The molecule has 0 spiro atoms. The van der Waals surface area contributed by atoms with Crippen LogP contribution in [-0.2, 0) is 6.54 Å². The summed E-state index contributed by atoms with van der Waals surface area (Å²) in [4.78, 5) is 4.23. The van der Waals surface area contributed by atoms with E-state index in [4.69, 9.17) is 14.2 Å². The van der Waals surface area contributed by atoms with Crippen LogP contribution in [0.15, 0.2) is 47.5 Å². The Morgan fingerprint density at radius 1 is 1.00 bits per heavy atom. The first-order valence-corrected chi connectivity index (χ1v) is 9.10. The number of halogens is 1. The molecule has 0 radical (unpaired) electrons. The number of benzene rings is 2. The molecular formula is C21H30IN3O3. The summed E-state index contributed by atoms with van der Waals surface area (Å²) < 4.78 is 16.6. The Morgan fingerprint density at radius 2 is 1.75 bits per heavy atom. The average Bonchev–Trinajstić information content (AvgIpc) is 2.69. The van der Waals surface area contributed by atoms with Crippen molar-refractivity contribution in [3.05, 3.63) is 53.6 Å². The van der Waals surface area contributed by atoms with Gasteiger partial charge in [0.1, 0.15) is 12.4 Å². The predicted octanol–water partition coefficient (Wildman–Crippen LogP) is 3.76. The summed E-state index contributed by atoms with van der Waals surface area (Å²) in [7, 11) is 3.39. The van der Waals surface area contributed by atoms with Crippen molar-refractivity contribution in [2.75, 3.05) is 33.9 Å². The monoisotopic (exact) mass is 499 g/mol. The van der Waals surface area contributed by atoms with E-state index in [0.717, 1.165) is 28.8 Å². The van der Waals surface area contributed by atoms with Crippen molar-refractivity contribution in [3.8, 4) is 17.2 Å². The molecule has 0 heterocycles. The van der Waals surface area contributed by atoms with Crippen molar-refractivity contribution < 1.29 is 14.2 Å². The molecule has 0 atom stereocenters. The Labute approximate surface area is 184 Å². The van der Waals surface area contributed by atoms with E-state index in [1.165, 1.54) is 5.56 Å². The lowest BCUT2D eigenvalue weighted by atomic mass is 10.2. The van der Waals surface area contributed by atoms with E-state index in [1.54, 1.807) is 14.2 Å². The highest BCUT2D eigenvalue weighted by Crippen LogP contribution is 2.27. The third kappa shape index (κ3) is 7.84. The van der Waals surface area contributed by atoms with E-state index in [-0.39, 0.29) is 24.0 Å². The van der Waals surface area contributed by atoms with Gasteiger partial charge in [0.05, 0.1) is 20.3 Å². The van der Waals surface area contributed by atoms with Crippen LogP contribution in [0.4, 0.5) is 0 Å². The first-order chi connectivity index (χ1) is 13.2. The van der Waals surface area contributed by atoms with Gasteiger partial charge in [0.25, 0.3) is 0 Å². The zero-order valence-electron chi connectivity index (χ0n) is 17.0. The minimum absolute atomic E-state index is 0. The highest BCUT2D eigenvalue weighted by atomic mass is 127. The fourth-order valence-electron chi connectivity index (χ4n) is 2.48. The third-order valence-electron chi connectivity index (χ3n) is 3.90. The standard InChI is InChI=1S/C21H29N3O3.HI/c1-5-26-19-11-8-17(14-20(19)25-4)15-24-21(22-3)23-12-13-27-18-9-6-16(2)7-10-18;/h6-11,14H,5,12-13,15H2,1-4H3,(H2,22,23,24);1H. The molecule has 0 fully saturated rings. The van der Waals surface area contributed by atoms with E-state index in [1.807, 2.05) is 49.4 Å². The van der Waals surface area contributed by atoms with Gasteiger partial charge in [-0.05, 0) is 43.7 Å². The average molecular weight is 499 g/mol. The summed E-state index contributed by atoms with van der Waals surface area (Å²) in [5.41, 5.74) is 2.30. The molecule has 0 aliphatic rings. The minimum Gasteiger partial charge on any atom is -0.493 e. The number of nitrogens with one attached hydrogen (secondary N) is 2. The molecule has 0 unspecified atom stereocenters. The van der Waals surface area contributed by atoms with Crippen LogP contribution >= 0.6 is 24.0 Å². The zero-order chi connectivity index (χ0) is 19.5. The third-order valence-corrected chi connectivity index (χ3v) is 3.90. The summed E-state index contributed by atoms with van der Waals surface area (Å²) in [6, 6.07) is 13.9. The van der Waals surface area contributed by atoms with Crippen molar-refractivity contribution in [3.63, 3.8) is 0 Å². The minimum atomic E-state index is 0. The first kappa shape index (κ1) is 23.9. The number of nitrogens with zero attached hydrogens (tertiary/aromatic N) is 1. The van der Waals surface area contributed by atoms with Crippen LogP contribution < -0.4 is 24.8 Å². The zero-order valence-corrected chi connectivity index (χ0v) is 19.3. The number of rotatable bonds is 9. The Balaban J connectivity index is 0.00000392. The van der Waals surface area contributed by atoms with Gasteiger partial charge >= 0.3 is 0 Å². The second-order valence-electron chi connectivity index (χ2n) is 5.93. The van der Waals surface area contributed by atoms with Crippen molar-refractivity contribution in [2.45, 2.75) is 20.4 Å². The molecule has 0 bridgehead atoms. The van der Waals surface area contributed by atoms with E-state index in [0.29, 0.717) is 26.3 Å². The topological polar surface area (TPSA) is 64.1 Å². The van der Waals surface area contributed by atoms with Gasteiger partial charge in [0.2, 0.25) is 0 Å². The largest absolute Gasteiger partial charge is 0.493 e. The molecule has 2 rings (SSSR count). The Bertz CT molecular complexity index is 736. The van der Waals surface area contributed by atoms with Gasteiger partial charge < -0.3 is 24.8 Å². The number of ether oxygens (including phenoxy) is 3. The molecule has 28 heavy (non-hydrogen) atoms. The van der Waals surface area contributed by atoms with Gasteiger partial charge in [-0.3, -0.25) is 4.99 Å². The number of aryl methyl sites for hydroxylation is 1. The molecule has 7 heteroatoms. The highest BCUT2D eigenvalue weighted by molar-refractivity contribution is 14.0. The quantitative estimate of drug-likeness (QED) is 0.238. The molecule has 2 aromatic rings. The van der Waals surface area contributed by atoms with Gasteiger partial charge in [-0.25, -0.2) is 0 Å². The normalized spacial score (nSPS) is 10.6. The molecule has 0 saturated carbocycles. The van der Waals surface area contributed by atoms with Gasteiger partial charge in [-0.15, -0.1) is 24.0 Å². The second kappa shape index (κ2) is 13.1. The van der Waals surface area contributed by atoms with Crippen LogP contribution in [0.25, 0.3) is 0 Å². The van der Waals surface area contributed by atoms with Crippen molar-refractivity contribution in [2.24, 2.45) is 4.99 Å². The Morgan fingerprint density at radius 3 is 2.39 bits per heavy atom. The van der Waals surface area contributed by atoms with Gasteiger partial charge in [0.15, 0.2) is 17.5 Å². The summed E-state index contributed by atoms with van der Waals surface area (Å²) in [5, 5.41) is 6.52. The molecule has 0 aromatic heterocycles. The summed E-state index contributed by atoms with van der Waals surface area (Å²) >= 11 is 0. The molecular weight excluding hydrogens is 469 g/mol. The van der Waals surface area contributed by atoms with E-state index >= 15 is 0 Å². The Hall–Kier alpha value is -2.16. The lowest BCUT2D eigenvalue weighted by Gasteiger charge is -2.14. The van der Waals surface area contributed by atoms with Crippen LogP contribution in [0.3, 0.4) is 0 Å². The van der Waals surface area contributed by atoms with E-state index in [9.17, 15) is 0 Å². The fourth-order valence-corrected chi connectivity index (χ4v) is 2.48.